The van der Waals surface area contributed by atoms with Crippen molar-refractivity contribution in [2.45, 2.75) is 20.3 Å². The van der Waals surface area contributed by atoms with E-state index in [1.54, 1.807) is 12.1 Å². The van der Waals surface area contributed by atoms with Crippen LogP contribution in [0.15, 0.2) is 36.4 Å². The van der Waals surface area contributed by atoms with E-state index in [-0.39, 0.29) is 38.6 Å². The molecule has 0 aliphatic carbocycles. The highest BCUT2D eigenvalue weighted by Crippen LogP contribution is 2.31. The molecule has 1 heterocycles. The Morgan fingerprint density at radius 2 is 1.52 bits per heavy atom. The first-order valence-electron chi connectivity index (χ1n) is 10.0. The van der Waals surface area contributed by atoms with Crippen LogP contribution >= 0.6 is 23.2 Å². The summed E-state index contributed by atoms with van der Waals surface area (Å²) >= 11 is 11.8. The largest absolute Gasteiger partial charge is 0.456 e. The highest BCUT2D eigenvalue weighted by molar-refractivity contribution is 6.43. The van der Waals surface area contributed by atoms with Gasteiger partial charge in [0.15, 0.2) is 12.4 Å². The van der Waals surface area contributed by atoms with Gasteiger partial charge in [0.1, 0.15) is 6.54 Å². The number of Topliss-reactive ketones (excluding diaryl/α,β-unsaturated/α-hetero) is 1. The molecule has 1 aliphatic heterocycles. The van der Waals surface area contributed by atoms with E-state index in [1.165, 1.54) is 24.3 Å². The number of hydrogen-bond donors (Lipinski definition) is 1. The third kappa shape index (κ3) is 5.77. The lowest BCUT2D eigenvalue weighted by atomic mass is 10.1. The van der Waals surface area contributed by atoms with Crippen LogP contribution in [-0.2, 0) is 14.3 Å². The van der Waals surface area contributed by atoms with Crippen LogP contribution in [0.25, 0.3) is 0 Å². The van der Waals surface area contributed by atoms with Gasteiger partial charge in [0.25, 0.3) is 11.8 Å². The number of nitrogens with zero attached hydrogens (tertiary/aromatic N) is 1. The van der Waals surface area contributed by atoms with Gasteiger partial charge in [-0.25, -0.2) is 0 Å². The molecule has 0 bridgehead atoms. The molecule has 3 amide bonds. The molecule has 0 fully saturated rings. The number of imide groups is 1. The van der Waals surface area contributed by atoms with Crippen LogP contribution in [-0.4, -0.2) is 47.5 Å². The number of fused-ring (bicyclic) bond motifs is 1. The SMILES string of the molecule is CC(C)CC(=O)Nc1ccc(C(=O)COC(=O)CN2C(=O)c3cc(Cl)c(Cl)cc3C2=O)cc1. The number of carbonyl (C=O) groups excluding carboxylic acids is 5. The van der Waals surface area contributed by atoms with Crippen molar-refractivity contribution < 1.29 is 28.7 Å². The first kappa shape index (κ1) is 24.4. The van der Waals surface area contributed by atoms with Crippen molar-refractivity contribution >= 4 is 58.4 Å². The molecule has 2 aromatic carbocycles. The molecule has 0 unspecified atom stereocenters. The Hall–Kier alpha value is -3.23. The van der Waals surface area contributed by atoms with Crippen molar-refractivity contribution in [2.75, 3.05) is 18.5 Å². The number of benzene rings is 2. The van der Waals surface area contributed by atoms with Crippen molar-refractivity contribution in [3.05, 3.63) is 63.1 Å². The minimum Gasteiger partial charge on any atom is -0.456 e. The summed E-state index contributed by atoms with van der Waals surface area (Å²) in [4.78, 5) is 61.8. The summed E-state index contributed by atoms with van der Waals surface area (Å²) in [7, 11) is 0. The highest BCUT2D eigenvalue weighted by atomic mass is 35.5. The van der Waals surface area contributed by atoms with Crippen LogP contribution in [0.3, 0.4) is 0 Å². The normalized spacial score (nSPS) is 12.7. The molecule has 8 nitrogen and oxygen atoms in total. The van der Waals surface area contributed by atoms with Crippen LogP contribution in [0.1, 0.15) is 51.3 Å². The number of carbonyl (C=O) groups is 5. The monoisotopic (exact) mass is 490 g/mol. The average molecular weight is 491 g/mol. The lowest BCUT2D eigenvalue weighted by Crippen LogP contribution is -2.36. The van der Waals surface area contributed by atoms with E-state index in [2.05, 4.69) is 5.32 Å². The zero-order valence-electron chi connectivity index (χ0n) is 17.8. The van der Waals surface area contributed by atoms with Gasteiger partial charge in [-0.05, 0) is 42.3 Å². The van der Waals surface area contributed by atoms with Crippen LogP contribution in [0, 0.1) is 5.92 Å². The molecule has 3 rings (SSSR count). The number of nitrogens with one attached hydrogen (secondary N) is 1. The number of anilines is 1. The van der Waals surface area contributed by atoms with Crippen molar-refractivity contribution in [1.29, 1.82) is 0 Å². The number of amides is 3. The summed E-state index contributed by atoms with van der Waals surface area (Å²) in [5.41, 5.74) is 0.896. The summed E-state index contributed by atoms with van der Waals surface area (Å²) in [5.74, 6) is -2.72. The maximum absolute atomic E-state index is 12.4. The van der Waals surface area contributed by atoms with Crippen molar-refractivity contribution in [3.63, 3.8) is 0 Å². The molecular weight excluding hydrogens is 471 g/mol. The Kier molecular flexibility index (Phi) is 7.50. The standard InChI is InChI=1S/C23H20Cl2N2O6/c1-12(2)7-20(29)26-14-5-3-13(4-6-14)19(28)11-33-21(30)10-27-22(31)15-8-17(24)18(25)9-16(15)23(27)32/h3-6,8-9,12H,7,10-11H2,1-2H3,(H,26,29). The average Bonchev–Trinajstić information content (AvgIpc) is 2.96. The minimum absolute atomic E-state index is 0.0406. The van der Waals surface area contributed by atoms with Gasteiger partial charge >= 0.3 is 5.97 Å². The molecule has 2 aromatic rings. The fourth-order valence-electron chi connectivity index (χ4n) is 3.15. The molecule has 10 heteroatoms. The summed E-state index contributed by atoms with van der Waals surface area (Å²) in [6.07, 6.45) is 0.379. The second-order valence-electron chi connectivity index (χ2n) is 7.82. The molecule has 33 heavy (non-hydrogen) atoms. The molecule has 172 valence electrons. The number of hydrogen-bond acceptors (Lipinski definition) is 6. The second kappa shape index (κ2) is 10.1. The third-order valence-corrected chi connectivity index (χ3v) is 5.47. The van der Waals surface area contributed by atoms with Gasteiger partial charge in [-0.3, -0.25) is 28.9 Å². The van der Waals surface area contributed by atoms with E-state index >= 15 is 0 Å². The van der Waals surface area contributed by atoms with E-state index in [1.807, 2.05) is 13.8 Å². The van der Waals surface area contributed by atoms with Gasteiger partial charge in [0.05, 0.1) is 21.2 Å². The first-order valence-corrected chi connectivity index (χ1v) is 10.8. The van der Waals surface area contributed by atoms with E-state index in [0.29, 0.717) is 17.0 Å². The highest BCUT2D eigenvalue weighted by Gasteiger charge is 2.37. The number of ketones is 1. The third-order valence-electron chi connectivity index (χ3n) is 4.75. The van der Waals surface area contributed by atoms with Crippen molar-refractivity contribution in [2.24, 2.45) is 5.92 Å². The molecule has 0 radical (unpaired) electrons. The minimum atomic E-state index is -0.924. The number of halogens is 2. The fourth-order valence-corrected chi connectivity index (χ4v) is 3.48. The predicted molar refractivity (Wildman–Crippen MR) is 122 cm³/mol. The molecule has 0 atom stereocenters. The zero-order chi connectivity index (χ0) is 24.3. The molecule has 0 saturated carbocycles. The molecular formula is C23H20Cl2N2O6. The topological polar surface area (TPSA) is 110 Å². The van der Waals surface area contributed by atoms with Gasteiger partial charge < -0.3 is 10.1 Å². The molecule has 0 aromatic heterocycles. The smallest absolute Gasteiger partial charge is 0.326 e. The van der Waals surface area contributed by atoms with Crippen LogP contribution < -0.4 is 5.32 Å². The van der Waals surface area contributed by atoms with Crippen molar-refractivity contribution in [1.82, 2.24) is 4.90 Å². The van der Waals surface area contributed by atoms with E-state index in [9.17, 15) is 24.0 Å². The molecule has 0 spiro atoms. The molecule has 1 N–H and O–H groups in total. The Balaban J connectivity index is 1.54. The molecule has 0 saturated heterocycles. The van der Waals surface area contributed by atoms with E-state index < -0.39 is 36.7 Å². The van der Waals surface area contributed by atoms with Crippen molar-refractivity contribution in [3.8, 4) is 0 Å². The van der Waals surface area contributed by atoms with E-state index in [0.717, 1.165) is 0 Å². The van der Waals surface area contributed by atoms with Gasteiger partial charge in [-0.2, -0.15) is 0 Å². The maximum atomic E-state index is 12.4. The maximum Gasteiger partial charge on any atom is 0.326 e. The lowest BCUT2D eigenvalue weighted by molar-refractivity contribution is -0.142. The fraction of sp³-hybridized carbons (Fsp3) is 0.261. The van der Waals surface area contributed by atoms with Gasteiger partial charge in [0.2, 0.25) is 5.91 Å². The first-order chi connectivity index (χ1) is 15.6. The number of rotatable bonds is 8. The number of esters is 1. The second-order valence-corrected chi connectivity index (χ2v) is 8.63. The Morgan fingerprint density at radius 1 is 0.970 bits per heavy atom. The predicted octanol–water partition coefficient (Wildman–Crippen LogP) is 4.00. The zero-order valence-corrected chi connectivity index (χ0v) is 19.3. The summed E-state index contributed by atoms with van der Waals surface area (Å²) in [5, 5.41) is 2.95. The Morgan fingerprint density at radius 3 is 2.03 bits per heavy atom. The van der Waals surface area contributed by atoms with Crippen LogP contribution in [0.5, 0.6) is 0 Å². The quantitative estimate of drug-likeness (QED) is 0.340. The summed E-state index contributed by atoms with van der Waals surface area (Å²) in [6.45, 7) is 2.64. The van der Waals surface area contributed by atoms with Gasteiger partial charge in [-0.15, -0.1) is 0 Å². The Bertz CT molecular complexity index is 1100. The molecule has 1 aliphatic rings. The van der Waals surface area contributed by atoms with Gasteiger partial charge in [-0.1, -0.05) is 37.0 Å². The summed E-state index contributed by atoms with van der Waals surface area (Å²) in [6, 6.07) is 8.68. The van der Waals surface area contributed by atoms with Crippen LogP contribution in [0.2, 0.25) is 10.0 Å². The Labute approximate surface area is 199 Å². The van der Waals surface area contributed by atoms with Crippen LogP contribution in [0.4, 0.5) is 5.69 Å². The summed E-state index contributed by atoms with van der Waals surface area (Å²) < 4.78 is 4.95. The van der Waals surface area contributed by atoms with E-state index in [4.69, 9.17) is 27.9 Å². The number of ether oxygens (including phenoxy) is 1. The lowest BCUT2D eigenvalue weighted by Gasteiger charge is -2.13. The van der Waals surface area contributed by atoms with Gasteiger partial charge in [0, 0.05) is 17.7 Å².